The van der Waals surface area contributed by atoms with Gasteiger partial charge in [-0.2, -0.15) is 0 Å². The van der Waals surface area contributed by atoms with Gasteiger partial charge in [0.25, 0.3) is 0 Å². The van der Waals surface area contributed by atoms with Gasteiger partial charge in [0.05, 0.1) is 7.11 Å². The molecule has 2 nitrogen and oxygen atoms in total. The molecule has 0 unspecified atom stereocenters. The number of benzene rings is 1. The second kappa shape index (κ2) is 8.70. The van der Waals surface area contributed by atoms with Crippen molar-refractivity contribution in [2.24, 2.45) is 0 Å². The van der Waals surface area contributed by atoms with Gasteiger partial charge >= 0.3 is 5.97 Å². The summed E-state index contributed by atoms with van der Waals surface area (Å²) in [5.74, 6) is -0.351. The van der Waals surface area contributed by atoms with Gasteiger partial charge in [-0.3, -0.25) is 0 Å². The minimum atomic E-state index is -0.351. The molecule has 0 bridgehead atoms. The van der Waals surface area contributed by atoms with E-state index >= 15 is 0 Å². The largest absolute Gasteiger partial charge is 0.466 e. The Labute approximate surface area is 116 Å². The lowest BCUT2D eigenvalue weighted by atomic mass is 10.2. The first-order chi connectivity index (χ1) is 8.72. The molecule has 0 saturated heterocycles. The Morgan fingerprint density at radius 2 is 1.78 bits per heavy atom. The lowest BCUT2D eigenvalue weighted by Gasteiger charge is -1.92. The molecule has 96 valence electrons. The van der Waals surface area contributed by atoms with Crippen molar-refractivity contribution in [3.8, 4) is 0 Å². The fraction of sp³-hybridized carbons (Fsp3) is 0.267. The van der Waals surface area contributed by atoms with Gasteiger partial charge in [0.2, 0.25) is 0 Å². The van der Waals surface area contributed by atoms with Gasteiger partial charge in [-0.15, -0.1) is 0 Å². The van der Waals surface area contributed by atoms with Crippen molar-refractivity contribution in [3.63, 3.8) is 0 Å². The molecule has 3 heteroatoms. The van der Waals surface area contributed by atoms with Gasteiger partial charge in [0.15, 0.2) is 0 Å². The number of allylic oxidation sites excluding steroid dienone is 2. The number of hydrogen-bond acceptors (Lipinski definition) is 2. The maximum absolute atomic E-state index is 10.7. The minimum absolute atomic E-state index is 0.351. The number of hydrogen-bond donors (Lipinski definition) is 0. The van der Waals surface area contributed by atoms with E-state index in [-0.39, 0.29) is 5.97 Å². The molecule has 0 aliphatic heterocycles. The standard InChI is InChI=1S/C12H11BrO2.C3H6/c1-15-12(14)5-3-2-4-10-6-8-11(13)9-7-10;1-2-3-1/h2-9H,1H3;1-3H2. The number of halogens is 1. The molecular formula is C15H17BrO2. The van der Waals surface area contributed by atoms with Crippen LogP contribution in [-0.2, 0) is 9.53 Å². The van der Waals surface area contributed by atoms with Crippen molar-refractivity contribution < 1.29 is 9.53 Å². The highest BCUT2D eigenvalue weighted by Crippen LogP contribution is 2.14. The smallest absolute Gasteiger partial charge is 0.330 e. The lowest BCUT2D eigenvalue weighted by Crippen LogP contribution is -1.92. The average molecular weight is 309 g/mol. The van der Waals surface area contributed by atoms with E-state index in [0.717, 1.165) is 10.0 Å². The highest BCUT2D eigenvalue weighted by atomic mass is 79.9. The van der Waals surface area contributed by atoms with Gasteiger partial charge in [-0.1, -0.05) is 65.6 Å². The fourth-order valence-electron chi connectivity index (χ4n) is 0.943. The van der Waals surface area contributed by atoms with Crippen LogP contribution in [0.3, 0.4) is 0 Å². The summed E-state index contributed by atoms with van der Waals surface area (Å²) in [6.07, 6.45) is 11.2. The van der Waals surface area contributed by atoms with Crippen molar-refractivity contribution in [1.82, 2.24) is 0 Å². The van der Waals surface area contributed by atoms with E-state index in [1.807, 2.05) is 30.3 Å². The maximum Gasteiger partial charge on any atom is 0.330 e. The number of ether oxygens (including phenoxy) is 1. The number of rotatable bonds is 3. The SMILES string of the molecule is C1CC1.COC(=O)C=CC=Cc1ccc(Br)cc1. The molecule has 0 amide bonds. The van der Waals surface area contributed by atoms with Crippen molar-refractivity contribution in [1.29, 1.82) is 0 Å². The summed E-state index contributed by atoms with van der Waals surface area (Å²) in [5, 5.41) is 0. The van der Waals surface area contributed by atoms with E-state index in [9.17, 15) is 4.79 Å². The van der Waals surface area contributed by atoms with Gasteiger partial charge in [0, 0.05) is 10.5 Å². The van der Waals surface area contributed by atoms with Gasteiger partial charge < -0.3 is 4.74 Å². The topological polar surface area (TPSA) is 26.3 Å². The van der Waals surface area contributed by atoms with Crippen LogP contribution in [0, 0.1) is 0 Å². The zero-order valence-corrected chi connectivity index (χ0v) is 12.0. The van der Waals surface area contributed by atoms with E-state index in [4.69, 9.17) is 0 Å². The Hall–Kier alpha value is -1.35. The van der Waals surface area contributed by atoms with Gasteiger partial charge in [0.1, 0.15) is 0 Å². The summed E-state index contributed by atoms with van der Waals surface area (Å²) < 4.78 is 5.50. The van der Waals surface area contributed by atoms with Crippen molar-refractivity contribution >= 4 is 28.0 Å². The normalized spacial score (nSPS) is 13.2. The highest BCUT2D eigenvalue weighted by Gasteiger charge is 1.95. The van der Waals surface area contributed by atoms with Crippen LogP contribution in [0.4, 0.5) is 0 Å². The summed E-state index contributed by atoms with van der Waals surface area (Å²) in [5.41, 5.74) is 1.08. The number of carbonyl (C=O) groups excluding carboxylic acids is 1. The number of carbonyl (C=O) groups is 1. The molecule has 2 rings (SSSR count). The third kappa shape index (κ3) is 7.85. The van der Waals surface area contributed by atoms with Crippen LogP contribution in [0.25, 0.3) is 6.08 Å². The molecule has 1 aromatic rings. The highest BCUT2D eigenvalue weighted by molar-refractivity contribution is 9.10. The Kier molecular flexibility index (Phi) is 7.11. The molecule has 1 fully saturated rings. The molecule has 0 aromatic heterocycles. The van der Waals surface area contributed by atoms with E-state index < -0.39 is 0 Å². The summed E-state index contributed by atoms with van der Waals surface area (Å²) in [6, 6.07) is 7.88. The summed E-state index contributed by atoms with van der Waals surface area (Å²) in [7, 11) is 1.35. The first-order valence-electron chi connectivity index (χ1n) is 5.90. The van der Waals surface area contributed by atoms with Crippen LogP contribution in [0.1, 0.15) is 24.8 Å². The second-order valence-electron chi connectivity index (χ2n) is 3.85. The van der Waals surface area contributed by atoms with E-state index in [1.165, 1.54) is 32.4 Å². The summed E-state index contributed by atoms with van der Waals surface area (Å²) in [4.78, 5) is 10.7. The van der Waals surface area contributed by atoms with Gasteiger partial charge in [-0.05, 0) is 17.7 Å². The predicted octanol–water partition coefficient (Wildman–Crippen LogP) is 4.36. The molecule has 1 aliphatic carbocycles. The predicted molar refractivity (Wildman–Crippen MR) is 78.2 cm³/mol. The zero-order valence-electron chi connectivity index (χ0n) is 10.4. The van der Waals surface area contributed by atoms with Crippen LogP contribution in [0.5, 0.6) is 0 Å². The molecule has 18 heavy (non-hydrogen) atoms. The van der Waals surface area contributed by atoms with Crippen molar-refractivity contribution in [3.05, 3.63) is 52.5 Å². The van der Waals surface area contributed by atoms with Crippen LogP contribution < -0.4 is 0 Å². The lowest BCUT2D eigenvalue weighted by molar-refractivity contribution is -0.134. The van der Waals surface area contributed by atoms with Crippen molar-refractivity contribution in [2.45, 2.75) is 19.3 Å². The Morgan fingerprint density at radius 3 is 2.28 bits per heavy atom. The van der Waals surface area contributed by atoms with E-state index in [0.29, 0.717) is 0 Å². The third-order valence-electron chi connectivity index (χ3n) is 2.06. The summed E-state index contributed by atoms with van der Waals surface area (Å²) >= 11 is 3.36. The molecule has 0 N–H and O–H groups in total. The molecule has 1 aliphatic rings. The molecule has 0 heterocycles. The molecule has 1 aromatic carbocycles. The molecule has 0 atom stereocenters. The Bertz CT molecular complexity index is 414. The van der Waals surface area contributed by atoms with Crippen LogP contribution >= 0.6 is 15.9 Å². The van der Waals surface area contributed by atoms with E-state index in [2.05, 4.69) is 20.7 Å². The first-order valence-corrected chi connectivity index (χ1v) is 6.70. The quantitative estimate of drug-likeness (QED) is 0.471. The molecule has 0 spiro atoms. The number of esters is 1. The summed E-state index contributed by atoms with van der Waals surface area (Å²) in [6.45, 7) is 0. The van der Waals surface area contributed by atoms with Crippen LogP contribution in [0.15, 0.2) is 47.0 Å². The molecule has 1 saturated carbocycles. The van der Waals surface area contributed by atoms with Crippen LogP contribution in [0.2, 0.25) is 0 Å². The van der Waals surface area contributed by atoms with Crippen molar-refractivity contribution in [2.75, 3.05) is 7.11 Å². The molecule has 0 radical (unpaired) electrons. The van der Waals surface area contributed by atoms with E-state index in [1.54, 1.807) is 12.2 Å². The van der Waals surface area contributed by atoms with Gasteiger partial charge in [-0.25, -0.2) is 4.79 Å². The second-order valence-corrected chi connectivity index (χ2v) is 4.77. The Balaban J connectivity index is 0.000000468. The fourth-order valence-corrected chi connectivity index (χ4v) is 1.21. The monoisotopic (exact) mass is 308 g/mol. The van der Waals surface area contributed by atoms with Crippen LogP contribution in [-0.4, -0.2) is 13.1 Å². The Morgan fingerprint density at radius 1 is 1.17 bits per heavy atom. The minimum Gasteiger partial charge on any atom is -0.466 e. The zero-order chi connectivity index (χ0) is 13.2. The average Bonchev–Trinajstić information content (AvgIpc) is 3.24. The number of methoxy groups -OCH3 is 1. The first kappa shape index (κ1) is 14.7. The maximum atomic E-state index is 10.7. The molecular weight excluding hydrogens is 292 g/mol. The third-order valence-corrected chi connectivity index (χ3v) is 2.59.